The van der Waals surface area contributed by atoms with Crippen molar-refractivity contribution >= 4 is 11.9 Å². The molecule has 0 amide bonds. The number of ether oxygens (including phenoxy) is 3. The van der Waals surface area contributed by atoms with Crippen molar-refractivity contribution in [1.82, 2.24) is 0 Å². The summed E-state index contributed by atoms with van der Waals surface area (Å²) in [5, 5.41) is 9.56. The van der Waals surface area contributed by atoms with Gasteiger partial charge < -0.3 is 19.3 Å². The van der Waals surface area contributed by atoms with Gasteiger partial charge in [-0.1, -0.05) is 12.1 Å². The number of allylic oxidation sites excluding steroid dienone is 1. The van der Waals surface area contributed by atoms with E-state index in [1.54, 1.807) is 36.4 Å². The van der Waals surface area contributed by atoms with Crippen LogP contribution in [-0.4, -0.2) is 31.2 Å². The standard InChI is InChI=1S/C18H16O5/c1-21-17-10-12(3-6-15(17)20)2-5-14(19)13-4-7-16-18(11-13)23-9-8-22-16/h2-7,10-11,20H,8-9H2,1H3/b5-2+. The number of phenolic OH excluding ortho intramolecular Hbond substituents is 1. The van der Waals surface area contributed by atoms with Gasteiger partial charge in [0, 0.05) is 5.56 Å². The Balaban J connectivity index is 1.78. The fourth-order valence-corrected chi connectivity index (χ4v) is 2.26. The Kier molecular flexibility index (Phi) is 4.19. The van der Waals surface area contributed by atoms with E-state index in [2.05, 4.69) is 0 Å². The van der Waals surface area contributed by atoms with Crippen molar-refractivity contribution in [2.45, 2.75) is 0 Å². The molecule has 1 aliphatic heterocycles. The first-order valence-corrected chi connectivity index (χ1v) is 7.16. The van der Waals surface area contributed by atoms with Crippen LogP contribution < -0.4 is 14.2 Å². The predicted molar refractivity (Wildman–Crippen MR) is 85.5 cm³/mol. The number of carbonyl (C=O) groups excluding carboxylic acids is 1. The van der Waals surface area contributed by atoms with Crippen molar-refractivity contribution in [3.63, 3.8) is 0 Å². The summed E-state index contributed by atoms with van der Waals surface area (Å²) in [4.78, 5) is 12.3. The van der Waals surface area contributed by atoms with Gasteiger partial charge in [-0.05, 0) is 42.0 Å². The van der Waals surface area contributed by atoms with Crippen LogP contribution in [-0.2, 0) is 0 Å². The molecule has 1 N–H and O–H groups in total. The molecule has 0 aliphatic carbocycles. The van der Waals surface area contributed by atoms with Gasteiger partial charge in [-0.3, -0.25) is 4.79 Å². The Morgan fingerprint density at radius 1 is 1.13 bits per heavy atom. The third-order valence-electron chi connectivity index (χ3n) is 3.46. The quantitative estimate of drug-likeness (QED) is 0.694. The molecule has 0 atom stereocenters. The van der Waals surface area contributed by atoms with Crippen LogP contribution in [0.1, 0.15) is 15.9 Å². The van der Waals surface area contributed by atoms with Crippen molar-refractivity contribution < 1.29 is 24.1 Å². The fraction of sp³-hybridized carbons (Fsp3) is 0.167. The number of hydrogen-bond acceptors (Lipinski definition) is 5. The van der Waals surface area contributed by atoms with Crippen molar-refractivity contribution in [3.8, 4) is 23.0 Å². The first kappa shape index (κ1) is 15.0. The second kappa shape index (κ2) is 6.44. The molecule has 2 aromatic rings. The molecule has 0 saturated carbocycles. The average molecular weight is 312 g/mol. The van der Waals surface area contributed by atoms with Gasteiger partial charge in [-0.25, -0.2) is 0 Å². The zero-order chi connectivity index (χ0) is 16.2. The molecule has 0 bridgehead atoms. The van der Waals surface area contributed by atoms with Crippen LogP contribution in [0.5, 0.6) is 23.0 Å². The SMILES string of the molecule is COc1cc(/C=C/C(=O)c2ccc3c(c2)OCCO3)ccc1O. The van der Waals surface area contributed by atoms with Crippen LogP contribution in [0.15, 0.2) is 42.5 Å². The van der Waals surface area contributed by atoms with E-state index in [1.807, 2.05) is 0 Å². The van der Waals surface area contributed by atoms with E-state index >= 15 is 0 Å². The molecule has 5 heteroatoms. The lowest BCUT2D eigenvalue weighted by Crippen LogP contribution is -2.15. The maximum absolute atomic E-state index is 12.3. The van der Waals surface area contributed by atoms with E-state index < -0.39 is 0 Å². The summed E-state index contributed by atoms with van der Waals surface area (Å²) < 4.78 is 15.9. The summed E-state index contributed by atoms with van der Waals surface area (Å²) in [7, 11) is 1.48. The number of fused-ring (bicyclic) bond motifs is 1. The normalized spacial score (nSPS) is 13.1. The van der Waals surface area contributed by atoms with Gasteiger partial charge in [0.15, 0.2) is 28.8 Å². The Morgan fingerprint density at radius 3 is 2.70 bits per heavy atom. The number of hydrogen-bond donors (Lipinski definition) is 1. The summed E-state index contributed by atoms with van der Waals surface area (Å²) >= 11 is 0. The Labute approximate surface area is 133 Å². The Bertz CT molecular complexity index is 764. The lowest BCUT2D eigenvalue weighted by atomic mass is 10.1. The smallest absolute Gasteiger partial charge is 0.185 e. The van der Waals surface area contributed by atoms with Gasteiger partial charge in [0.2, 0.25) is 0 Å². The number of phenols is 1. The molecule has 3 rings (SSSR count). The fourth-order valence-electron chi connectivity index (χ4n) is 2.26. The van der Waals surface area contributed by atoms with Crippen LogP contribution in [0.4, 0.5) is 0 Å². The van der Waals surface area contributed by atoms with Gasteiger partial charge >= 0.3 is 0 Å². The second-order valence-electron chi connectivity index (χ2n) is 4.99. The summed E-state index contributed by atoms with van der Waals surface area (Å²) in [5.74, 6) is 1.51. The molecule has 0 saturated heterocycles. The van der Waals surface area contributed by atoms with Crippen molar-refractivity contribution in [2.75, 3.05) is 20.3 Å². The summed E-state index contributed by atoms with van der Waals surface area (Å²) in [5.41, 5.74) is 1.28. The molecule has 118 valence electrons. The van der Waals surface area contributed by atoms with Crippen molar-refractivity contribution in [3.05, 3.63) is 53.6 Å². The minimum absolute atomic E-state index is 0.0582. The molecule has 0 radical (unpaired) electrons. The third kappa shape index (κ3) is 3.29. The molecule has 0 aromatic heterocycles. The van der Waals surface area contributed by atoms with Gasteiger partial charge in [0.1, 0.15) is 13.2 Å². The van der Waals surface area contributed by atoms with Gasteiger partial charge in [0.05, 0.1) is 7.11 Å². The second-order valence-corrected chi connectivity index (χ2v) is 4.99. The molecule has 2 aromatic carbocycles. The van der Waals surface area contributed by atoms with E-state index in [0.717, 1.165) is 5.56 Å². The summed E-state index contributed by atoms with van der Waals surface area (Å²) in [6.45, 7) is 0.997. The minimum Gasteiger partial charge on any atom is -0.504 e. The molecule has 0 fully saturated rings. The highest BCUT2D eigenvalue weighted by Crippen LogP contribution is 2.31. The van der Waals surface area contributed by atoms with E-state index in [0.29, 0.717) is 36.0 Å². The van der Waals surface area contributed by atoms with Crippen LogP contribution in [0, 0.1) is 0 Å². The third-order valence-corrected chi connectivity index (χ3v) is 3.46. The van der Waals surface area contributed by atoms with Crippen LogP contribution in [0.2, 0.25) is 0 Å². The monoisotopic (exact) mass is 312 g/mol. The van der Waals surface area contributed by atoms with Crippen LogP contribution in [0.3, 0.4) is 0 Å². The lowest BCUT2D eigenvalue weighted by Gasteiger charge is -2.18. The number of methoxy groups -OCH3 is 1. The topological polar surface area (TPSA) is 65.0 Å². The Hall–Kier alpha value is -2.95. The first-order valence-electron chi connectivity index (χ1n) is 7.16. The van der Waals surface area contributed by atoms with E-state index in [9.17, 15) is 9.90 Å². The van der Waals surface area contributed by atoms with Gasteiger partial charge in [0.25, 0.3) is 0 Å². The Morgan fingerprint density at radius 2 is 1.91 bits per heavy atom. The number of benzene rings is 2. The van der Waals surface area contributed by atoms with Crippen molar-refractivity contribution in [1.29, 1.82) is 0 Å². The van der Waals surface area contributed by atoms with Crippen molar-refractivity contribution in [2.24, 2.45) is 0 Å². The molecular weight excluding hydrogens is 296 g/mol. The summed E-state index contributed by atoms with van der Waals surface area (Å²) in [6.07, 6.45) is 3.14. The number of ketones is 1. The van der Waals surface area contributed by atoms with Gasteiger partial charge in [-0.15, -0.1) is 0 Å². The largest absolute Gasteiger partial charge is 0.504 e. The number of aromatic hydroxyl groups is 1. The molecule has 23 heavy (non-hydrogen) atoms. The minimum atomic E-state index is -0.144. The molecule has 5 nitrogen and oxygen atoms in total. The zero-order valence-electron chi connectivity index (χ0n) is 12.6. The zero-order valence-corrected chi connectivity index (χ0v) is 12.6. The highest BCUT2D eigenvalue weighted by molar-refractivity contribution is 6.07. The molecule has 0 unspecified atom stereocenters. The number of carbonyl (C=O) groups is 1. The van der Waals surface area contributed by atoms with Crippen LogP contribution >= 0.6 is 0 Å². The molecule has 1 heterocycles. The molecule has 0 spiro atoms. The maximum Gasteiger partial charge on any atom is 0.185 e. The molecular formula is C18H16O5. The average Bonchev–Trinajstić information content (AvgIpc) is 2.60. The number of rotatable bonds is 4. The summed E-state index contributed by atoms with van der Waals surface area (Å²) in [6, 6.07) is 10.00. The van der Waals surface area contributed by atoms with E-state index in [1.165, 1.54) is 19.3 Å². The maximum atomic E-state index is 12.3. The van der Waals surface area contributed by atoms with E-state index in [-0.39, 0.29) is 11.5 Å². The lowest BCUT2D eigenvalue weighted by molar-refractivity contribution is 0.104. The van der Waals surface area contributed by atoms with Crippen LogP contribution in [0.25, 0.3) is 6.08 Å². The molecule has 1 aliphatic rings. The highest BCUT2D eigenvalue weighted by atomic mass is 16.6. The van der Waals surface area contributed by atoms with Gasteiger partial charge in [-0.2, -0.15) is 0 Å². The first-order chi connectivity index (χ1) is 11.2. The van der Waals surface area contributed by atoms with E-state index in [4.69, 9.17) is 14.2 Å². The highest BCUT2D eigenvalue weighted by Gasteiger charge is 2.13. The predicted octanol–water partition coefficient (Wildman–Crippen LogP) is 3.07.